The lowest BCUT2D eigenvalue weighted by Crippen LogP contribution is -2.14. The summed E-state index contributed by atoms with van der Waals surface area (Å²) in [6.45, 7) is 10.1. The molecule has 0 radical (unpaired) electrons. The number of nitriles is 1. The first-order valence-corrected chi connectivity index (χ1v) is 10.8. The molecule has 1 N–H and O–H groups in total. The minimum absolute atomic E-state index is 0.0787. The lowest BCUT2D eigenvalue weighted by molar-refractivity contribution is -0.112. The van der Waals surface area contributed by atoms with Crippen molar-refractivity contribution in [1.29, 1.82) is 5.26 Å². The number of rotatable bonds is 4. The molecule has 0 fully saturated rings. The molecule has 0 spiro atoms. The van der Waals surface area contributed by atoms with Crippen LogP contribution in [0.1, 0.15) is 33.6 Å². The molecule has 30 heavy (non-hydrogen) atoms. The van der Waals surface area contributed by atoms with Crippen LogP contribution in [0.5, 0.6) is 0 Å². The van der Waals surface area contributed by atoms with Crippen LogP contribution in [-0.4, -0.2) is 10.5 Å². The van der Waals surface area contributed by atoms with Gasteiger partial charge in [-0.1, -0.05) is 12.1 Å². The zero-order chi connectivity index (χ0) is 22.0. The number of hydrogen-bond acceptors (Lipinski definition) is 2. The Morgan fingerprint density at radius 3 is 2.47 bits per heavy atom. The van der Waals surface area contributed by atoms with Crippen molar-refractivity contribution in [2.75, 3.05) is 5.32 Å². The summed E-state index contributed by atoms with van der Waals surface area (Å²) in [5, 5.41) is 12.5. The molecule has 1 aromatic heterocycles. The van der Waals surface area contributed by atoms with Crippen LogP contribution in [0.2, 0.25) is 0 Å². The summed E-state index contributed by atoms with van der Waals surface area (Å²) in [6, 6.07) is 16.1. The van der Waals surface area contributed by atoms with Crippen molar-refractivity contribution in [2.45, 2.75) is 34.6 Å². The van der Waals surface area contributed by atoms with Gasteiger partial charge in [-0.15, -0.1) is 0 Å². The molecule has 152 valence electrons. The zero-order valence-corrected chi connectivity index (χ0v) is 20.0. The summed E-state index contributed by atoms with van der Waals surface area (Å²) in [7, 11) is 0. The highest BCUT2D eigenvalue weighted by Gasteiger charge is 2.15. The number of halogens is 1. The molecular formula is C25H24IN3O. The molecule has 0 unspecified atom stereocenters. The van der Waals surface area contributed by atoms with E-state index < -0.39 is 5.91 Å². The minimum atomic E-state index is -0.402. The van der Waals surface area contributed by atoms with E-state index in [4.69, 9.17) is 0 Å². The third-order valence-corrected chi connectivity index (χ3v) is 6.60. The van der Waals surface area contributed by atoms with Crippen LogP contribution in [0.15, 0.2) is 48.0 Å². The number of carbonyl (C=O) groups is 1. The molecule has 2 aromatic carbocycles. The fourth-order valence-corrected chi connectivity index (χ4v) is 3.81. The predicted octanol–water partition coefficient (Wildman–Crippen LogP) is 6.17. The number of aromatic nitrogens is 1. The summed E-state index contributed by atoms with van der Waals surface area (Å²) in [4.78, 5) is 12.8. The molecule has 5 heteroatoms. The Hall–Kier alpha value is -2.85. The minimum Gasteiger partial charge on any atom is -0.321 e. The number of carbonyl (C=O) groups excluding carboxylic acids is 1. The van der Waals surface area contributed by atoms with Crippen LogP contribution in [0.4, 0.5) is 5.69 Å². The standard InChI is InChI=1S/C25H24IN3O/c1-15-7-6-8-24(18(15)4)28-25(30)21(14-27)13-20-12-17(3)29(19(20)5)22-9-10-23(26)16(2)11-22/h6-13H,1-5H3,(H,28,30)/b21-13-. The maximum absolute atomic E-state index is 12.8. The number of hydrogen-bond donors (Lipinski definition) is 1. The average molecular weight is 509 g/mol. The van der Waals surface area contributed by atoms with Crippen LogP contribution in [0.3, 0.4) is 0 Å². The summed E-state index contributed by atoms with van der Waals surface area (Å²) in [5.74, 6) is -0.402. The van der Waals surface area contributed by atoms with Crippen molar-refractivity contribution >= 4 is 40.3 Å². The van der Waals surface area contributed by atoms with Crippen molar-refractivity contribution in [3.8, 4) is 11.8 Å². The molecule has 4 nitrogen and oxygen atoms in total. The predicted molar refractivity (Wildman–Crippen MR) is 131 cm³/mol. The number of anilines is 1. The molecule has 0 aliphatic heterocycles. The van der Waals surface area contributed by atoms with Crippen LogP contribution >= 0.6 is 22.6 Å². The molecule has 0 aliphatic carbocycles. The van der Waals surface area contributed by atoms with Crippen LogP contribution in [0.25, 0.3) is 11.8 Å². The van der Waals surface area contributed by atoms with Gasteiger partial charge in [0.2, 0.25) is 0 Å². The van der Waals surface area contributed by atoms with E-state index in [1.54, 1.807) is 6.08 Å². The lowest BCUT2D eigenvalue weighted by Gasteiger charge is -2.11. The Labute approximate surface area is 191 Å². The Morgan fingerprint density at radius 2 is 1.80 bits per heavy atom. The first kappa shape index (κ1) is 21.8. The van der Waals surface area contributed by atoms with Gasteiger partial charge in [0.1, 0.15) is 11.6 Å². The molecule has 1 amide bonds. The van der Waals surface area contributed by atoms with Gasteiger partial charge in [-0.2, -0.15) is 5.26 Å². The van der Waals surface area contributed by atoms with Gasteiger partial charge in [-0.25, -0.2) is 0 Å². The van der Waals surface area contributed by atoms with Crippen LogP contribution in [0, 0.1) is 49.5 Å². The smallest absolute Gasteiger partial charge is 0.266 e. The Kier molecular flexibility index (Phi) is 6.47. The first-order valence-electron chi connectivity index (χ1n) is 9.67. The highest BCUT2D eigenvalue weighted by atomic mass is 127. The Morgan fingerprint density at radius 1 is 1.07 bits per heavy atom. The third-order valence-electron chi connectivity index (χ3n) is 5.39. The average Bonchev–Trinajstić information content (AvgIpc) is 2.98. The second-order valence-corrected chi connectivity index (χ2v) is 8.63. The van der Waals surface area contributed by atoms with Gasteiger partial charge in [0.05, 0.1) is 0 Å². The van der Waals surface area contributed by atoms with Crippen LogP contribution in [-0.2, 0) is 4.79 Å². The number of benzene rings is 2. The monoisotopic (exact) mass is 509 g/mol. The Balaban J connectivity index is 1.96. The van der Waals surface area contributed by atoms with Crippen molar-refractivity contribution in [1.82, 2.24) is 4.57 Å². The van der Waals surface area contributed by atoms with E-state index in [0.717, 1.165) is 39.5 Å². The molecule has 3 aromatic rings. The second kappa shape index (κ2) is 8.88. The largest absolute Gasteiger partial charge is 0.321 e. The number of aryl methyl sites for hydroxylation is 3. The first-order chi connectivity index (χ1) is 14.2. The van der Waals surface area contributed by atoms with E-state index in [1.165, 1.54) is 9.13 Å². The van der Waals surface area contributed by atoms with Gasteiger partial charge in [0.25, 0.3) is 5.91 Å². The summed E-state index contributed by atoms with van der Waals surface area (Å²) >= 11 is 2.32. The van der Waals surface area contributed by atoms with E-state index in [-0.39, 0.29) is 5.57 Å². The fraction of sp³-hybridized carbons (Fsp3) is 0.200. The van der Waals surface area contributed by atoms with E-state index in [2.05, 4.69) is 63.7 Å². The van der Waals surface area contributed by atoms with E-state index in [0.29, 0.717) is 0 Å². The van der Waals surface area contributed by atoms with Gasteiger partial charge >= 0.3 is 0 Å². The number of nitrogens with one attached hydrogen (secondary N) is 1. The van der Waals surface area contributed by atoms with Gasteiger partial charge in [-0.05, 0) is 116 Å². The molecule has 0 atom stereocenters. The van der Waals surface area contributed by atoms with Crippen molar-refractivity contribution in [2.24, 2.45) is 0 Å². The zero-order valence-electron chi connectivity index (χ0n) is 17.8. The Bertz CT molecular complexity index is 1210. The summed E-state index contributed by atoms with van der Waals surface area (Å²) < 4.78 is 3.36. The lowest BCUT2D eigenvalue weighted by atomic mass is 10.1. The van der Waals surface area contributed by atoms with Crippen molar-refractivity contribution in [3.63, 3.8) is 0 Å². The number of nitrogens with zero attached hydrogens (tertiary/aromatic N) is 2. The third kappa shape index (κ3) is 4.34. The normalized spacial score (nSPS) is 11.3. The fourth-order valence-electron chi connectivity index (χ4n) is 3.48. The maximum Gasteiger partial charge on any atom is 0.266 e. The summed E-state index contributed by atoms with van der Waals surface area (Å²) in [6.07, 6.45) is 1.67. The van der Waals surface area contributed by atoms with E-state index >= 15 is 0 Å². The van der Waals surface area contributed by atoms with Gasteiger partial charge in [0.15, 0.2) is 0 Å². The molecule has 0 bridgehead atoms. The van der Waals surface area contributed by atoms with Gasteiger partial charge < -0.3 is 9.88 Å². The van der Waals surface area contributed by atoms with Crippen molar-refractivity contribution in [3.05, 3.63) is 85.2 Å². The van der Waals surface area contributed by atoms with Crippen LogP contribution < -0.4 is 5.32 Å². The van der Waals surface area contributed by atoms with Gasteiger partial charge in [-0.3, -0.25) is 4.79 Å². The quantitative estimate of drug-likeness (QED) is 0.260. The van der Waals surface area contributed by atoms with E-state index in [9.17, 15) is 10.1 Å². The molecule has 0 saturated heterocycles. The summed E-state index contributed by atoms with van der Waals surface area (Å²) in [5.41, 5.74) is 8.06. The SMILES string of the molecule is Cc1cc(-n2c(C)cc(/C=C(/C#N)C(=O)Nc3cccc(C)c3C)c2C)ccc1I. The topological polar surface area (TPSA) is 57.8 Å². The molecule has 0 saturated carbocycles. The molecule has 0 aliphatic rings. The molecule has 1 heterocycles. The number of amides is 1. The molecular weight excluding hydrogens is 485 g/mol. The van der Waals surface area contributed by atoms with Crippen molar-refractivity contribution < 1.29 is 4.79 Å². The highest BCUT2D eigenvalue weighted by molar-refractivity contribution is 14.1. The maximum atomic E-state index is 12.8. The van der Waals surface area contributed by atoms with Gasteiger partial charge in [0, 0.05) is 26.3 Å². The molecule has 3 rings (SSSR count). The highest BCUT2D eigenvalue weighted by Crippen LogP contribution is 2.25. The second-order valence-electron chi connectivity index (χ2n) is 7.47. The van der Waals surface area contributed by atoms with E-state index in [1.807, 2.05) is 52.0 Å².